The average molecular weight is 552 g/mol. The monoisotopic (exact) mass is 551 g/mol. The van der Waals surface area contributed by atoms with Crippen LogP contribution in [0.15, 0.2) is 140 Å². The Morgan fingerprint density at radius 3 is 1.74 bits per heavy atom. The summed E-state index contributed by atoms with van der Waals surface area (Å²) >= 11 is 0. The van der Waals surface area contributed by atoms with E-state index < -0.39 is 5.41 Å². The lowest BCUT2D eigenvalue weighted by atomic mass is 9.56. The third-order valence-electron chi connectivity index (χ3n) is 10.1. The third kappa shape index (κ3) is 2.95. The molecule has 0 N–H and O–H groups in total. The topological polar surface area (TPSA) is 20.3 Å². The molecule has 2 aliphatic heterocycles. The van der Waals surface area contributed by atoms with Crippen LogP contribution in [0.25, 0.3) is 11.1 Å². The van der Waals surface area contributed by atoms with E-state index >= 15 is 0 Å². The third-order valence-corrected chi connectivity index (χ3v) is 10.1. The van der Waals surface area contributed by atoms with E-state index in [0.717, 1.165) is 33.5 Å². The highest BCUT2D eigenvalue weighted by molar-refractivity contribution is 6.15. The molecule has 0 unspecified atom stereocenters. The van der Waals surface area contributed by atoms with Gasteiger partial charge in [-0.25, -0.2) is 0 Å². The molecule has 0 saturated carbocycles. The van der Waals surface area contributed by atoms with Crippen LogP contribution in [0.4, 0.5) is 17.1 Å². The Morgan fingerprint density at radius 2 is 1.02 bits per heavy atom. The molecular formula is C41H29NO. The standard InChI is InChI=1S/C41H29NO/c1-40(2)32-19-10-11-22-36(32)42-37-24-23-27(26-13-4-3-5-14-26)25-35(37)41(34-21-12-20-33(40)38(34)42)30-17-8-6-15-28(30)39(43)29-16-7-9-18-31(29)41/h3-25H,1-2H3. The molecule has 0 bridgehead atoms. The van der Waals surface area contributed by atoms with Gasteiger partial charge in [-0.1, -0.05) is 135 Å². The summed E-state index contributed by atoms with van der Waals surface area (Å²) in [6.45, 7) is 4.68. The summed E-state index contributed by atoms with van der Waals surface area (Å²) in [5.74, 6) is 0.0930. The molecule has 0 aromatic heterocycles. The van der Waals surface area contributed by atoms with Crippen LogP contribution in [0.3, 0.4) is 0 Å². The fraction of sp³-hybridized carbons (Fsp3) is 0.0976. The van der Waals surface area contributed by atoms with Gasteiger partial charge in [0, 0.05) is 16.5 Å². The number of para-hydroxylation sites is 2. The summed E-state index contributed by atoms with van der Waals surface area (Å²) in [5.41, 5.74) is 13.7. The Balaban J connectivity index is 1.51. The average Bonchev–Trinajstić information content (AvgIpc) is 3.06. The first-order chi connectivity index (χ1) is 21.0. The first-order valence-corrected chi connectivity index (χ1v) is 15.0. The Labute approximate surface area is 251 Å². The molecule has 204 valence electrons. The molecule has 0 radical (unpaired) electrons. The number of carbonyl (C=O) groups is 1. The Kier molecular flexibility index (Phi) is 4.78. The number of ketones is 1. The van der Waals surface area contributed by atoms with Crippen LogP contribution in [0.2, 0.25) is 0 Å². The first kappa shape index (κ1) is 24.4. The minimum Gasteiger partial charge on any atom is -0.309 e. The maximum atomic E-state index is 14.1. The summed E-state index contributed by atoms with van der Waals surface area (Å²) in [7, 11) is 0. The van der Waals surface area contributed by atoms with Gasteiger partial charge in [0.15, 0.2) is 5.78 Å². The van der Waals surface area contributed by atoms with Crippen LogP contribution in [0.5, 0.6) is 0 Å². The van der Waals surface area contributed by atoms with Crippen molar-refractivity contribution < 1.29 is 4.79 Å². The van der Waals surface area contributed by atoms with Gasteiger partial charge in [0.1, 0.15) is 0 Å². The number of nitrogens with zero attached hydrogens (tertiary/aromatic N) is 1. The minimum absolute atomic E-state index is 0.0930. The highest BCUT2D eigenvalue weighted by Gasteiger charge is 2.54. The van der Waals surface area contributed by atoms with Gasteiger partial charge in [-0.05, 0) is 62.7 Å². The van der Waals surface area contributed by atoms with Gasteiger partial charge in [-0.15, -0.1) is 0 Å². The second kappa shape index (κ2) is 8.42. The molecule has 43 heavy (non-hydrogen) atoms. The lowest BCUT2D eigenvalue weighted by molar-refractivity contribution is 0.103. The van der Waals surface area contributed by atoms with E-state index in [4.69, 9.17) is 0 Å². The van der Waals surface area contributed by atoms with Crippen LogP contribution in [0, 0.1) is 0 Å². The highest BCUT2D eigenvalue weighted by Crippen LogP contribution is 2.64. The summed E-state index contributed by atoms with van der Waals surface area (Å²) in [4.78, 5) is 16.6. The van der Waals surface area contributed by atoms with Gasteiger partial charge < -0.3 is 4.90 Å². The van der Waals surface area contributed by atoms with Crippen molar-refractivity contribution >= 4 is 22.8 Å². The number of rotatable bonds is 1. The van der Waals surface area contributed by atoms with Crippen molar-refractivity contribution in [2.75, 3.05) is 4.90 Å². The van der Waals surface area contributed by atoms with Crippen molar-refractivity contribution in [3.05, 3.63) is 184 Å². The molecule has 1 aliphatic carbocycles. The zero-order valence-corrected chi connectivity index (χ0v) is 24.1. The van der Waals surface area contributed by atoms with Crippen LogP contribution in [-0.2, 0) is 10.8 Å². The number of benzene rings is 6. The quantitative estimate of drug-likeness (QED) is 0.202. The van der Waals surface area contributed by atoms with Gasteiger partial charge in [0.2, 0.25) is 0 Å². The largest absolute Gasteiger partial charge is 0.309 e. The molecule has 0 fully saturated rings. The lowest BCUT2D eigenvalue weighted by Crippen LogP contribution is -2.44. The fourth-order valence-electron chi connectivity index (χ4n) is 8.18. The smallest absolute Gasteiger partial charge is 0.193 e. The fourth-order valence-corrected chi connectivity index (χ4v) is 8.18. The molecule has 2 nitrogen and oxygen atoms in total. The summed E-state index contributed by atoms with van der Waals surface area (Å²) in [6, 6.07) is 49.7. The number of hydrogen-bond acceptors (Lipinski definition) is 2. The molecule has 3 aliphatic rings. The summed E-state index contributed by atoms with van der Waals surface area (Å²) < 4.78 is 0. The van der Waals surface area contributed by atoms with Gasteiger partial charge in [0.05, 0.1) is 22.5 Å². The van der Waals surface area contributed by atoms with Crippen molar-refractivity contribution in [3.63, 3.8) is 0 Å². The van der Waals surface area contributed by atoms with E-state index in [2.05, 4.69) is 134 Å². The molecule has 6 aromatic rings. The first-order valence-electron chi connectivity index (χ1n) is 15.0. The predicted octanol–water partition coefficient (Wildman–Crippen LogP) is 9.70. The molecule has 0 saturated heterocycles. The SMILES string of the molecule is CC1(C)c2ccccc2N2c3ccc(-c4ccccc4)cc3C3(c4ccccc4C(=O)c4ccccc43)c3cccc1c32. The van der Waals surface area contributed by atoms with Crippen LogP contribution < -0.4 is 4.90 Å². The van der Waals surface area contributed by atoms with E-state index in [0.29, 0.717) is 0 Å². The van der Waals surface area contributed by atoms with E-state index in [1.54, 1.807) is 0 Å². The zero-order chi connectivity index (χ0) is 28.9. The molecule has 2 heteroatoms. The predicted molar refractivity (Wildman–Crippen MR) is 174 cm³/mol. The number of hydrogen-bond donors (Lipinski definition) is 0. The van der Waals surface area contributed by atoms with Crippen molar-refractivity contribution in [2.24, 2.45) is 0 Å². The maximum Gasteiger partial charge on any atom is 0.193 e. The second-order valence-electron chi connectivity index (χ2n) is 12.4. The summed E-state index contributed by atoms with van der Waals surface area (Å²) in [5, 5.41) is 0. The van der Waals surface area contributed by atoms with Crippen molar-refractivity contribution in [3.8, 4) is 11.1 Å². The molecule has 2 heterocycles. The van der Waals surface area contributed by atoms with E-state index in [1.165, 1.54) is 39.2 Å². The Morgan fingerprint density at radius 1 is 0.465 bits per heavy atom. The van der Waals surface area contributed by atoms with E-state index in [9.17, 15) is 4.79 Å². The van der Waals surface area contributed by atoms with E-state index in [-0.39, 0.29) is 11.2 Å². The Bertz CT molecular complexity index is 2090. The van der Waals surface area contributed by atoms with Gasteiger partial charge in [0.25, 0.3) is 0 Å². The maximum absolute atomic E-state index is 14.1. The van der Waals surface area contributed by atoms with Crippen LogP contribution in [0.1, 0.15) is 63.1 Å². The number of carbonyl (C=O) groups excluding carboxylic acids is 1. The van der Waals surface area contributed by atoms with Gasteiger partial charge in [-0.3, -0.25) is 4.79 Å². The Hall–Kier alpha value is -5.21. The van der Waals surface area contributed by atoms with Gasteiger partial charge in [-0.2, -0.15) is 0 Å². The van der Waals surface area contributed by atoms with Gasteiger partial charge >= 0.3 is 0 Å². The molecule has 0 amide bonds. The second-order valence-corrected chi connectivity index (χ2v) is 12.4. The van der Waals surface area contributed by atoms with Crippen LogP contribution in [-0.4, -0.2) is 5.78 Å². The molecule has 1 spiro atoms. The van der Waals surface area contributed by atoms with Crippen LogP contribution >= 0.6 is 0 Å². The molecular weight excluding hydrogens is 522 g/mol. The number of anilines is 3. The molecule has 0 atom stereocenters. The molecule has 9 rings (SSSR count). The number of fused-ring (bicyclic) bond motifs is 10. The van der Waals surface area contributed by atoms with Crippen molar-refractivity contribution in [2.45, 2.75) is 24.7 Å². The highest BCUT2D eigenvalue weighted by atomic mass is 16.1. The van der Waals surface area contributed by atoms with E-state index in [1.807, 2.05) is 24.3 Å². The summed E-state index contributed by atoms with van der Waals surface area (Å²) in [6.07, 6.45) is 0. The lowest BCUT2D eigenvalue weighted by Gasteiger charge is -2.53. The zero-order valence-electron chi connectivity index (χ0n) is 24.1. The minimum atomic E-state index is -0.675. The van der Waals surface area contributed by atoms with Crippen molar-refractivity contribution in [1.82, 2.24) is 0 Å². The normalized spacial score (nSPS) is 16.0. The van der Waals surface area contributed by atoms with Crippen molar-refractivity contribution in [1.29, 1.82) is 0 Å². The molecule has 6 aromatic carbocycles.